The third-order valence-corrected chi connectivity index (χ3v) is 7.00. The monoisotopic (exact) mass is 503 g/mol. The van der Waals surface area contributed by atoms with Gasteiger partial charge in [-0.15, -0.1) is 0 Å². The van der Waals surface area contributed by atoms with Crippen LogP contribution in [0.1, 0.15) is 49.4 Å². The quantitative estimate of drug-likeness (QED) is 0.481. The predicted molar refractivity (Wildman–Crippen MR) is 129 cm³/mol. The van der Waals surface area contributed by atoms with Crippen LogP contribution >= 0.6 is 0 Å². The van der Waals surface area contributed by atoms with Gasteiger partial charge in [-0.3, -0.25) is 4.79 Å². The molecule has 1 aromatic heterocycles. The molecule has 1 aliphatic carbocycles. The van der Waals surface area contributed by atoms with Crippen molar-refractivity contribution < 1.29 is 33.0 Å². The summed E-state index contributed by atoms with van der Waals surface area (Å²) in [5.74, 6) is -0.906. The first kappa shape index (κ1) is 25.7. The molecule has 1 amide bonds. The van der Waals surface area contributed by atoms with Crippen LogP contribution < -0.4 is 10.1 Å². The predicted octanol–water partition coefficient (Wildman–Crippen LogP) is 4.78. The molecule has 2 N–H and O–H groups in total. The van der Waals surface area contributed by atoms with Crippen LogP contribution in [0.25, 0.3) is 0 Å². The van der Waals surface area contributed by atoms with Gasteiger partial charge in [-0.05, 0) is 48.9 Å². The molecule has 2 aromatic rings. The minimum atomic E-state index is -3.01. The first-order valence-electron chi connectivity index (χ1n) is 12.0. The number of anilines is 1. The smallest absolute Gasteiger partial charge is 0.409 e. The first-order valence-corrected chi connectivity index (χ1v) is 12.0. The Labute approximate surface area is 208 Å². The zero-order valence-corrected chi connectivity index (χ0v) is 20.6. The van der Waals surface area contributed by atoms with Crippen LogP contribution in [-0.2, 0) is 14.9 Å². The zero-order valence-electron chi connectivity index (χ0n) is 20.6. The Morgan fingerprint density at radius 3 is 2.47 bits per heavy atom. The molecule has 1 aromatic carbocycles. The van der Waals surface area contributed by atoms with Crippen molar-refractivity contribution in [3.63, 3.8) is 0 Å². The van der Waals surface area contributed by atoms with Crippen molar-refractivity contribution in [2.45, 2.75) is 51.6 Å². The molecule has 1 saturated heterocycles. The number of ether oxygens (including phenoxy) is 2. The molecule has 2 fully saturated rings. The van der Waals surface area contributed by atoms with E-state index >= 15 is 0 Å². The number of benzene rings is 1. The molecule has 1 aliphatic heterocycles. The number of halogens is 2. The maximum atomic E-state index is 13.0. The van der Waals surface area contributed by atoms with Crippen LogP contribution in [0.3, 0.4) is 0 Å². The number of amides is 1. The Bertz CT molecular complexity index is 1130. The number of carbonyl (C=O) groups excluding carboxylic acids is 1. The number of hydrogen-bond acceptors (Lipinski definition) is 6. The molecule has 0 bridgehead atoms. The van der Waals surface area contributed by atoms with E-state index in [9.17, 15) is 23.5 Å². The van der Waals surface area contributed by atoms with E-state index in [2.05, 4.69) is 28.9 Å². The SMILES string of the molecule is Cc1ccc(NCC2(c3ccccc3C(C)C)CN(C(=O)OCC3(C(=O)O)CC3)C2)c(OC(F)F)n1. The molecule has 2 heterocycles. The standard InChI is InChI=1S/C26H31F2N3O5/c1-16(2)18-6-4-5-7-19(18)26(12-29-20-9-8-17(3)30-21(20)36-23(27)28)13-31(14-26)24(34)35-15-25(10-11-25)22(32)33/h4-9,16,23,29H,10-15H2,1-3H3,(H,32,33). The lowest BCUT2D eigenvalue weighted by atomic mass is 9.70. The molecular formula is C26H31F2N3O5. The molecule has 10 heteroatoms. The van der Waals surface area contributed by atoms with Crippen molar-refractivity contribution in [2.24, 2.45) is 5.41 Å². The normalized spacial score (nSPS) is 17.5. The number of carbonyl (C=O) groups is 2. The molecule has 0 atom stereocenters. The topological polar surface area (TPSA) is 101 Å². The lowest BCUT2D eigenvalue weighted by Crippen LogP contribution is -2.64. The summed E-state index contributed by atoms with van der Waals surface area (Å²) in [6.45, 7) is 3.70. The molecule has 194 valence electrons. The molecule has 8 nitrogen and oxygen atoms in total. The summed E-state index contributed by atoms with van der Waals surface area (Å²) < 4.78 is 35.9. The maximum absolute atomic E-state index is 13.0. The van der Waals surface area contributed by atoms with E-state index in [1.807, 2.05) is 24.3 Å². The number of nitrogens with one attached hydrogen (secondary N) is 1. The third-order valence-electron chi connectivity index (χ3n) is 7.00. The van der Waals surface area contributed by atoms with Crippen LogP contribution in [0, 0.1) is 12.3 Å². The number of alkyl halides is 2. The van der Waals surface area contributed by atoms with Gasteiger partial charge in [0.15, 0.2) is 0 Å². The van der Waals surface area contributed by atoms with Crippen LogP contribution in [0.4, 0.5) is 19.3 Å². The van der Waals surface area contributed by atoms with Gasteiger partial charge in [-0.1, -0.05) is 38.1 Å². The van der Waals surface area contributed by atoms with E-state index < -0.39 is 29.5 Å². The Balaban J connectivity index is 1.54. The minimum absolute atomic E-state index is 0.144. The molecular weight excluding hydrogens is 472 g/mol. The summed E-state index contributed by atoms with van der Waals surface area (Å²) in [5, 5.41) is 12.6. The fourth-order valence-electron chi connectivity index (χ4n) is 4.64. The van der Waals surface area contributed by atoms with Crippen LogP contribution in [-0.4, -0.2) is 59.9 Å². The second-order valence-electron chi connectivity index (χ2n) is 10.1. The zero-order chi connectivity index (χ0) is 26.1. The number of rotatable bonds is 10. The van der Waals surface area contributed by atoms with Gasteiger partial charge >= 0.3 is 18.7 Å². The lowest BCUT2D eigenvalue weighted by Gasteiger charge is -2.51. The largest absolute Gasteiger partial charge is 0.481 e. The van der Waals surface area contributed by atoms with Gasteiger partial charge in [0.25, 0.3) is 0 Å². The van der Waals surface area contributed by atoms with Crippen LogP contribution in [0.2, 0.25) is 0 Å². The van der Waals surface area contributed by atoms with Crippen LogP contribution in [0.15, 0.2) is 36.4 Å². The number of aliphatic carboxylic acids is 1. The first-order chi connectivity index (χ1) is 17.0. The van der Waals surface area contributed by atoms with Gasteiger partial charge in [0.2, 0.25) is 5.88 Å². The molecule has 0 radical (unpaired) electrons. The Hall–Kier alpha value is -3.43. The lowest BCUT2D eigenvalue weighted by molar-refractivity contribution is -0.145. The molecule has 1 saturated carbocycles. The molecule has 4 rings (SSSR count). The number of hydrogen-bond donors (Lipinski definition) is 2. The van der Waals surface area contributed by atoms with Crippen molar-refractivity contribution >= 4 is 17.7 Å². The average molecular weight is 504 g/mol. The second-order valence-corrected chi connectivity index (χ2v) is 10.1. The highest BCUT2D eigenvalue weighted by Gasteiger charge is 2.53. The summed E-state index contributed by atoms with van der Waals surface area (Å²) in [5.41, 5.74) is 1.59. The number of pyridine rings is 1. The Morgan fingerprint density at radius 2 is 1.86 bits per heavy atom. The van der Waals surface area contributed by atoms with E-state index in [0.717, 1.165) is 11.1 Å². The molecule has 0 unspecified atom stereocenters. The number of aromatic nitrogens is 1. The number of aryl methyl sites for hydroxylation is 1. The van der Waals surface area contributed by atoms with Gasteiger partial charge in [0.1, 0.15) is 12.0 Å². The highest BCUT2D eigenvalue weighted by molar-refractivity contribution is 5.78. The number of nitrogens with zero attached hydrogens (tertiary/aromatic N) is 2. The van der Waals surface area contributed by atoms with Crippen molar-refractivity contribution in [1.29, 1.82) is 0 Å². The number of carboxylic acids is 1. The van der Waals surface area contributed by atoms with Crippen LogP contribution in [0.5, 0.6) is 5.88 Å². The van der Waals surface area contributed by atoms with E-state index in [1.54, 1.807) is 24.0 Å². The van der Waals surface area contributed by atoms with Crippen molar-refractivity contribution in [2.75, 3.05) is 31.6 Å². The van der Waals surface area contributed by atoms with Gasteiger partial charge < -0.3 is 24.8 Å². The van der Waals surface area contributed by atoms with Crippen molar-refractivity contribution in [1.82, 2.24) is 9.88 Å². The summed E-state index contributed by atoms with van der Waals surface area (Å²) in [6, 6.07) is 11.3. The van der Waals surface area contributed by atoms with Crippen molar-refractivity contribution in [3.05, 3.63) is 53.2 Å². The van der Waals surface area contributed by atoms with E-state index in [-0.39, 0.29) is 18.4 Å². The highest BCUT2D eigenvalue weighted by Crippen LogP contribution is 2.46. The van der Waals surface area contributed by atoms with Gasteiger partial charge in [-0.2, -0.15) is 8.78 Å². The molecule has 36 heavy (non-hydrogen) atoms. The fraction of sp³-hybridized carbons (Fsp3) is 0.500. The number of likely N-dealkylation sites (tertiary alicyclic amines) is 1. The highest BCUT2D eigenvalue weighted by atomic mass is 19.3. The van der Waals surface area contributed by atoms with E-state index in [1.165, 1.54) is 0 Å². The molecule has 2 aliphatic rings. The fourth-order valence-corrected chi connectivity index (χ4v) is 4.64. The summed E-state index contributed by atoms with van der Waals surface area (Å²) >= 11 is 0. The Morgan fingerprint density at radius 1 is 1.17 bits per heavy atom. The maximum Gasteiger partial charge on any atom is 0.409 e. The third kappa shape index (κ3) is 5.22. The van der Waals surface area contributed by atoms with E-state index in [0.29, 0.717) is 43.9 Å². The number of carboxylic acid groups (broad SMARTS) is 1. The minimum Gasteiger partial charge on any atom is -0.481 e. The van der Waals surface area contributed by atoms with Crippen molar-refractivity contribution in [3.8, 4) is 5.88 Å². The second kappa shape index (κ2) is 9.91. The Kier molecular flexibility index (Phi) is 7.06. The summed E-state index contributed by atoms with van der Waals surface area (Å²) in [4.78, 5) is 29.8. The van der Waals surface area contributed by atoms with Gasteiger partial charge in [0.05, 0.1) is 5.69 Å². The average Bonchev–Trinajstić information content (AvgIpc) is 3.59. The van der Waals surface area contributed by atoms with Gasteiger partial charge in [-0.25, -0.2) is 9.78 Å². The molecule has 0 spiro atoms. The summed E-state index contributed by atoms with van der Waals surface area (Å²) in [6.07, 6.45) is 0.441. The van der Waals surface area contributed by atoms with Gasteiger partial charge in [0, 0.05) is 30.7 Å². The van der Waals surface area contributed by atoms with E-state index in [4.69, 9.17) is 4.74 Å². The summed E-state index contributed by atoms with van der Waals surface area (Å²) in [7, 11) is 0.